The average Bonchev–Trinajstić information content (AvgIpc) is 3.22. The molecular formula is C22H23ClN6O4S. The largest absolute Gasteiger partial charge is 0.342 e. The molecule has 3 aromatic rings. The second-order valence-corrected chi connectivity index (χ2v) is 8.70. The van der Waals surface area contributed by atoms with Crippen LogP contribution in [-0.2, 0) is 11.3 Å². The first-order chi connectivity index (χ1) is 16.2. The number of amides is 2. The lowest BCUT2D eigenvalue weighted by molar-refractivity contribution is -0.384. The van der Waals surface area contributed by atoms with E-state index in [1.165, 1.54) is 23.9 Å². The lowest BCUT2D eigenvalue weighted by Crippen LogP contribution is -2.29. The maximum absolute atomic E-state index is 12.6. The fourth-order valence-electron chi connectivity index (χ4n) is 3.18. The molecule has 0 aliphatic rings. The highest BCUT2D eigenvalue weighted by Gasteiger charge is 2.21. The number of aromatic nitrogens is 3. The maximum Gasteiger partial charge on any atom is 0.271 e. The lowest BCUT2D eigenvalue weighted by Gasteiger charge is -2.15. The third kappa shape index (κ3) is 5.91. The first kappa shape index (κ1) is 25.2. The highest BCUT2D eigenvalue weighted by atomic mass is 35.5. The summed E-state index contributed by atoms with van der Waals surface area (Å²) in [6, 6.07) is 10.6. The Morgan fingerprint density at radius 2 is 1.97 bits per heavy atom. The standard InChI is InChI=1S/C22H23ClN6O4S/c1-4-28-20(14(3)24-21(31)16-7-5-6-8-17(16)23)26-27-22(28)34-12-19(30)25-18-11-15(29(32)33)10-9-13(18)2/h5-11,14H,4,12H2,1-3H3,(H,24,31)(H,25,30)/t14-/m0/s1. The number of nitro benzene ring substituents is 1. The van der Waals surface area contributed by atoms with E-state index in [0.717, 1.165) is 0 Å². The number of rotatable bonds is 9. The normalized spacial score (nSPS) is 11.6. The SMILES string of the molecule is CCn1c(SCC(=O)Nc2cc([N+](=O)[O-])ccc2C)nnc1[C@H](C)NC(=O)c1ccccc1Cl. The zero-order chi connectivity index (χ0) is 24.8. The molecule has 0 bridgehead atoms. The van der Waals surface area contributed by atoms with E-state index in [1.807, 2.05) is 11.5 Å². The van der Waals surface area contributed by atoms with Crippen LogP contribution in [0.25, 0.3) is 0 Å². The summed E-state index contributed by atoms with van der Waals surface area (Å²) in [5.41, 5.74) is 1.36. The molecule has 0 radical (unpaired) electrons. The fraction of sp³-hybridized carbons (Fsp3) is 0.273. The number of nitrogens with zero attached hydrogens (tertiary/aromatic N) is 4. The molecule has 2 amide bonds. The van der Waals surface area contributed by atoms with Crippen LogP contribution in [0, 0.1) is 17.0 Å². The summed E-state index contributed by atoms with van der Waals surface area (Å²) < 4.78 is 1.81. The van der Waals surface area contributed by atoms with Crippen molar-refractivity contribution in [2.24, 2.45) is 0 Å². The highest BCUT2D eigenvalue weighted by molar-refractivity contribution is 7.99. The third-order valence-electron chi connectivity index (χ3n) is 4.95. The Morgan fingerprint density at radius 1 is 1.24 bits per heavy atom. The number of benzene rings is 2. The number of anilines is 1. The molecule has 178 valence electrons. The number of halogens is 1. The number of hydrogen-bond acceptors (Lipinski definition) is 7. The zero-order valence-corrected chi connectivity index (χ0v) is 20.3. The highest BCUT2D eigenvalue weighted by Crippen LogP contribution is 2.24. The Morgan fingerprint density at radius 3 is 2.65 bits per heavy atom. The molecule has 2 N–H and O–H groups in total. The van der Waals surface area contributed by atoms with Gasteiger partial charge in [-0.1, -0.05) is 41.6 Å². The maximum atomic E-state index is 12.6. The summed E-state index contributed by atoms with van der Waals surface area (Å²) in [5.74, 6) is -0.0912. The van der Waals surface area contributed by atoms with E-state index in [9.17, 15) is 19.7 Å². The van der Waals surface area contributed by atoms with Crippen LogP contribution in [0.15, 0.2) is 47.6 Å². The number of nitrogens with one attached hydrogen (secondary N) is 2. The summed E-state index contributed by atoms with van der Waals surface area (Å²) in [5, 5.41) is 25.8. The average molecular weight is 503 g/mol. The van der Waals surface area contributed by atoms with Gasteiger partial charge in [0.05, 0.1) is 33.0 Å². The van der Waals surface area contributed by atoms with E-state index in [4.69, 9.17) is 11.6 Å². The minimum Gasteiger partial charge on any atom is -0.342 e. The van der Waals surface area contributed by atoms with Crippen molar-refractivity contribution < 1.29 is 14.5 Å². The minimum atomic E-state index is -0.513. The van der Waals surface area contributed by atoms with Gasteiger partial charge in [-0.2, -0.15) is 0 Å². The van der Waals surface area contributed by atoms with Crippen molar-refractivity contribution in [1.82, 2.24) is 20.1 Å². The Balaban J connectivity index is 1.66. The number of non-ortho nitro benzene ring substituents is 1. The van der Waals surface area contributed by atoms with E-state index >= 15 is 0 Å². The van der Waals surface area contributed by atoms with Crippen molar-refractivity contribution >= 4 is 46.6 Å². The van der Waals surface area contributed by atoms with Gasteiger partial charge in [0.1, 0.15) is 0 Å². The Labute approximate surface area is 205 Å². The molecule has 0 aliphatic carbocycles. The molecule has 0 fully saturated rings. The molecule has 1 heterocycles. The van der Waals surface area contributed by atoms with Gasteiger partial charge in [-0.05, 0) is 38.5 Å². The second kappa shape index (κ2) is 11.1. The van der Waals surface area contributed by atoms with E-state index in [-0.39, 0.29) is 23.3 Å². The van der Waals surface area contributed by atoms with Gasteiger partial charge in [0, 0.05) is 18.7 Å². The van der Waals surface area contributed by atoms with Crippen LogP contribution in [0.1, 0.15) is 41.6 Å². The summed E-state index contributed by atoms with van der Waals surface area (Å²) in [6.45, 7) is 5.98. The molecule has 3 rings (SSSR count). The van der Waals surface area contributed by atoms with Gasteiger partial charge in [-0.15, -0.1) is 10.2 Å². The predicted octanol–water partition coefficient (Wildman–Crippen LogP) is 4.39. The van der Waals surface area contributed by atoms with Crippen molar-refractivity contribution in [3.63, 3.8) is 0 Å². The number of carbonyl (C=O) groups excluding carboxylic acids is 2. The number of aryl methyl sites for hydroxylation is 1. The van der Waals surface area contributed by atoms with E-state index in [0.29, 0.717) is 39.4 Å². The summed E-state index contributed by atoms with van der Waals surface area (Å²) >= 11 is 7.29. The van der Waals surface area contributed by atoms with E-state index in [1.54, 1.807) is 44.2 Å². The smallest absolute Gasteiger partial charge is 0.271 e. The molecule has 0 aliphatic heterocycles. The van der Waals surface area contributed by atoms with Gasteiger partial charge >= 0.3 is 0 Å². The zero-order valence-electron chi connectivity index (χ0n) is 18.7. The first-order valence-electron chi connectivity index (χ1n) is 10.4. The molecule has 0 unspecified atom stereocenters. The quantitative estimate of drug-likeness (QED) is 0.252. The van der Waals surface area contributed by atoms with Crippen LogP contribution in [0.5, 0.6) is 0 Å². The Kier molecular flexibility index (Phi) is 8.24. The van der Waals surface area contributed by atoms with Crippen LogP contribution in [-0.4, -0.2) is 37.3 Å². The van der Waals surface area contributed by atoms with Crippen LogP contribution in [0.2, 0.25) is 5.02 Å². The Bertz CT molecular complexity index is 1230. The van der Waals surface area contributed by atoms with Crippen molar-refractivity contribution in [2.75, 3.05) is 11.1 Å². The minimum absolute atomic E-state index is 0.0284. The van der Waals surface area contributed by atoms with Crippen LogP contribution in [0.4, 0.5) is 11.4 Å². The lowest BCUT2D eigenvalue weighted by atomic mass is 10.2. The monoisotopic (exact) mass is 502 g/mol. The molecule has 12 heteroatoms. The molecule has 1 atom stereocenters. The van der Waals surface area contributed by atoms with Crippen LogP contribution >= 0.6 is 23.4 Å². The van der Waals surface area contributed by atoms with Gasteiger partial charge in [0.15, 0.2) is 11.0 Å². The summed E-state index contributed by atoms with van der Waals surface area (Å²) in [4.78, 5) is 35.5. The summed E-state index contributed by atoms with van der Waals surface area (Å²) in [7, 11) is 0. The second-order valence-electron chi connectivity index (χ2n) is 7.35. The molecule has 0 saturated heterocycles. The fourth-order valence-corrected chi connectivity index (χ4v) is 4.21. The van der Waals surface area contributed by atoms with Gasteiger partial charge in [0.25, 0.3) is 11.6 Å². The van der Waals surface area contributed by atoms with Gasteiger partial charge in [-0.25, -0.2) is 0 Å². The molecule has 34 heavy (non-hydrogen) atoms. The molecule has 0 spiro atoms. The van der Waals surface area contributed by atoms with Gasteiger partial charge < -0.3 is 15.2 Å². The number of carbonyl (C=O) groups is 2. The van der Waals surface area contributed by atoms with E-state index < -0.39 is 11.0 Å². The molecular weight excluding hydrogens is 480 g/mol. The van der Waals surface area contributed by atoms with Crippen molar-refractivity contribution in [3.05, 3.63) is 74.6 Å². The molecule has 2 aromatic carbocycles. The molecule has 0 saturated carbocycles. The van der Waals surface area contributed by atoms with Crippen LogP contribution < -0.4 is 10.6 Å². The number of nitro groups is 1. The molecule has 1 aromatic heterocycles. The van der Waals surface area contributed by atoms with Crippen molar-refractivity contribution in [3.8, 4) is 0 Å². The van der Waals surface area contributed by atoms with Crippen LogP contribution in [0.3, 0.4) is 0 Å². The first-order valence-corrected chi connectivity index (χ1v) is 11.7. The van der Waals surface area contributed by atoms with E-state index in [2.05, 4.69) is 20.8 Å². The summed E-state index contributed by atoms with van der Waals surface area (Å²) in [6.07, 6.45) is 0. The van der Waals surface area contributed by atoms with Crippen molar-refractivity contribution in [2.45, 2.75) is 38.5 Å². The topological polar surface area (TPSA) is 132 Å². The molecule has 10 nitrogen and oxygen atoms in total. The predicted molar refractivity (Wildman–Crippen MR) is 130 cm³/mol. The number of hydrogen-bond donors (Lipinski definition) is 2. The third-order valence-corrected chi connectivity index (χ3v) is 6.25. The Hall–Kier alpha value is -3.44. The van der Waals surface area contributed by atoms with Crippen molar-refractivity contribution in [1.29, 1.82) is 0 Å². The van der Waals surface area contributed by atoms with Gasteiger partial charge in [-0.3, -0.25) is 19.7 Å². The number of thioether (sulfide) groups is 1. The van der Waals surface area contributed by atoms with Gasteiger partial charge in [0.2, 0.25) is 5.91 Å².